The topological polar surface area (TPSA) is 129 Å². The molecule has 2 heterocycles. The second kappa shape index (κ2) is 12.4. The van der Waals surface area contributed by atoms with E-state index in [1.54, 1.807) is 41.4 Å². The molecule has 2 amide bonds. The van der Waals surface area contributed by atoms with E-state index in [0.29, 0.717) is 16.3 Å². The van der Waals surface area contributed by atoms with Crippen LogP contribution in [0.15, 0.2) is 96.2 Å². The molecule has 0 saturated carbocycles. The largest absolute Gasteiger partial charge is 0.508 e. The molecule has 10 nitrogen and oxygen atoms in total. The number of hydrogen-bond acceptors (Lipinski definition) is 7. The minimum absolute atomic E-state index is 0.0480. The van der Waals surface area contributed by atoms with Gasteiger partial charge < -0.3 is 19.6 Å². The lowest BCUT2D eigenvalue weighted by Gasteiger charge is -2.36. The van der Waals surface area contributed by atoms with E-state index >= 15 is 0 Å². The summed E-state index contributed by atoms with van der Waals surface area (Å²) >= 11 is 0. The predicted molar refractivity (Wildman–Crippen MR) is 152 cm³/mol. The number of benzene rings is 3. The van der Waals surface area contributed by atoms with Crippen molar-refractivity contribution in [3.63, 3.8) is 0 Å². The van der Waals surface area contributed by atoms with Gasteiger partial charge in [-0.15, -0.1) is 0 Å². The highest BCUT2D eigenvalue weighted by Crippen LogP contribution is 2.23. The van der Waals surface area contributed by atoms with Crippen LogP contribution in [0.3, 0.4) is 0 Å². The van der Waals surface area contributed by atoms with Crippen LogP contribution in [0.2, 0.25) is 0 Å². The van der Waals surface area contributed by atoms with Gasteiger partial charge >= 0.3 is 6.09 Å². The number of aromatic hydroxyl groups is 1. The molecule has 1 aliphatic rings. The van der Waals surface area contributed by atoms with Gasteiger partial charge in [0, 0.05) is 49.3 Å². The average molecular weight is 575 g/mol. The number of piperazine rings is 1. The van der Waals surface area contributed by atoms with Gasteiger partial charge in [-0.25, -0.2) is 13.2 Å². The lowest BCUT2D eigenvalue weighted by atomic mass is 10.0. The third kappa shape index (κ3) is 6.82. The molecule has 4 aromatic rings. The zero-order valence-corrected chi connectivity index (χ0v) is 23.0. The molecule has 3 aromatic carbocycles. The number of pyridine rings is 1. The van der Waals surface area contributed by atoms with Crippen molar-refractivity contribution in [2.24, 2.45) is 0 Å². The molecule has 1 saturated heterocycles. The van der Waals surface area contributed by atoms with Crippen molar-refractivity contribution >= 4 is 32.8 Å². The Morgan fingerprint density at radius 3 is 2.32 bits per heavy atom. The maximum Gasteiger partial charge on any atom is 0.410 e. The molecule has 0 spiro atoms. The molecule has 0 radical (unpaired) electrons. The van der Waals surface area contributed by atoms with Crippen molar-refractivity contribution in [3.8, 4) is 5.75 Å². The second-order valence-electron chi connectivity index (χ2n) is 9.75. The van der Waals surface area contributed by atoms with Gasteiger partial charge in [-0.2, -0.15) is 4.72 Å². The van der Waals surface area contributed by atoms with Gasteiger partial charge in [-0.05, 0) is 41.8 Å². The number of carbonyl (C=O) groups is 2. The van der Waals surface area contributed by atoms with Crippen LogP contribution in [0.25, 0.3) is 10.8 Å². The highest BCUT2D eigenvalue weighted by Gasteiger charge is 2.33. The standard InChI is InChI=1S/C30H30N4O6S/c35-25-11-9-22(10-12-25)19-27(32-41(38,39)28-8-4-7-24-20-31-14-13-26(24)28)29(36)33-15-17-34(18-16-33)30(37)40-21-23-5-2-1-3-6-23/h1-14,20,27,32,35H,15-19,21H2/t27-/m0/s1. The van der Waals surface area contributed by atoms with E-state index in [-0.39, 0.29) is 49.9 Å². The van der Waals surface area contributed by atoms with Crippen LogP contribution in [-0.4, -0.2) is 72.5 Å². The summed E-state index contributed by atoms with van der Waals surface area (Å²) in [5, 5.41) is 10.8. The molecule has 0 aliphatic carbocycles. The normalized spacial score (nSPS) is 14.5. The lowest BCUT2D eigenvalue weighted by Crippen LogP contribution is -2.56. The first-order chi connectivity index (χ1) is 19.8. The Bertz CT molecular complexity index is 1620. The SMILES string of the molecule is O=C(OCc1ccccc1)N1CCN(C(=O)[C@H](Cc2ccc(O)cc2)NS(=O)(=O)c2cccc3cnccc23)CC1. The molecule has 1 aromatic heterocycles. The zero-order valence-electron chi connectivity index (χ0n) is 22.2. The summed E-state index contributed by atoms with van der Waals surface area (Å²) in [6.45, 7) is 1.13. The van der Waals surface area contributed by atoms with E-state index in [2.05, 4.69) is 9.71 Å². The van der Waals surface area contributed by atoms with Gasteiger partial charge in [0.25, 0.3) is 0 Å². The van der Waals surface area contributed by atoms with E-state index in [1.165, 1.54) is 29.3 Å². The number of hydrogen-bond donors (Lipinski definition) is 2. The van der Waals surface area contributed by atoms with Crippen molar-refractivity contribution in [1.29, 1.82) is 0 Å². The summed E-state index contributed by atoms with van der Waals surface area (Å²) in [5.41, 5.74) is 1.55. The van der Waals surface area contributed by atoms with Crippen LogP contribution in [0.4, 0.5) is 4.79 Å². The molecule has 212 valence electrons. The minimum atomic E-state index is -4.12. The smallest absolute Gasteiger partial charge is 0.410 e. The van der Waals surface area contributed by atoms with Crippen molar-refractivity contribution in [3.05, 3.63) is 102 Å². The van der Waals surface area contributed by atoms with Crippen LogP contribution >= 0.6 is 0 Å². The van der Waals surface area contributed by atoms with Gasteiger partial charge in [-0.3, -0.25) is 9.78 Å². The Morgan fingerprint density at radius 1 is 0.878 bits per heavy atom. The highest BCUT2D eigenvalue weighted by atomic mass is 32.2. The number of amides is 2. The van der Waals surface area contributed by atoms with E-state index in [4.69, 9.17) is 4.74 Å². The number of fused-ring (bicyclic) bond motifs is 1. The first-order valence-electron chi connectivity index (χ1n) is 13.2. The minimum Gasteiger partial charge on any atom is -0.508 e. The van der Waals surface area contributed by atoms with Gasteiger partial charge in [0.15, 0.2) is 0 Å². The number of phenols is 1. The van der Waals surface area contributed by atoms with Gasteiger partial charge in [0.1, 0.15) is 18.4 Å². The molecule has 1 aliphatic heterocycles. The van der Waals surface area contributed by atoms with Crippen molar-refractivity contribution < 1.29 is 27.9 Å². The summed E-state index contributed by atoms with van der Waals surface area (Å²) in [6.07, 6.45) is 2.71. The Labute approximate surface area is 238 Å². The second-order valence-corrected chi connectivity index (χ2v) is 11.4. The van der Waals surface area contributed by atoms with E-state index in [9.17, 15) is 23.1 Å². The highest BCUT2D eigenvalue weighted by molar-refractivity contribution is 7.89. The number of ether oxygens (including phenoxy) is 1. The quantitative estimate of drug-likeness (QED) is 0.330. The fraction of sp³-hybridized carbons (Fsp3) is 0.233. The van der Waals surface area contributed by atoms with Gasteiger partial charge in [-0.1, -0.05) is 54.6 Å². The number of nitrogens with zero attached hydrogens (tertiary/aromatic N) is 3. The predicted octanol–water partition coefficient (Wildman–Crippen LogP) is 3.31. The van der Waals surface area contributed by atoms with E-state index < -0.39 is 28.1 Å². The van der Waals surface area contributed by atoms with Crippen molar-refractivity contribution in [2.45, 2.75) is 24.0 Å². The summed E-state index contributed by atoms with van der Waals surface area (Å²) in [5.74, 6) is -0.335. The molecule has 1 atom stereocenters. The number of carbonyl (C=O) groups excluding carboxylic acids is 2. The first-order valence-corrected chi connectivity index (χ1v) is 14.7. The molecular formula is C30H30N4O6S. The Morgan fingerprint density at radius 2 is 1.59 bits per heavy atom. The number of phenolic OH excluding ortho intramolecular Hbond substituents is 1. The fourth-order valence-corrected chi connectivity index (χ4v) is 6.18. The van der Waals surface area contributed by atoms with Crippen LogP contribution < -0.4 is 4.72 Å². The lowest BCUT2D eigenvalue weighted by molar-refractivity contribution is -0.134. The Balaban J connectivity index is 1.30. The molecule has 2 N–H and O–H groups in total. The molecule has 0 unspecified atom stereocenters. The van der Waals surface area contributed by atoms with Crippen molar-refractivity contribution in [2.75, 3.05) is 26.2 Å². The third-order valence-electron chi connectivity index (χ3n) is 6.96. The molecule has 1 fully saturated rings. The van der Waals surface area contributed by atoms with Gasteiger partial charge in [0.2, 0.25) is 15.9 Å². The molecule has 41 heavy (non-hydrogen) atoms. The van der Waals surface area contributed by atoms with E-state index in [0.717, 1.165) is 5.56 Å². The Hall–Kier alpha value is -4.48. The summed E-state index contributed by atoms with van der Waals surface area (Å²) in [6, 6.07) is 21.0. The number of rotatable bonds is 8. The molecular weight excluding hydrogens is 544 g/mol. The van der Waals surface area contributed by atoms with Crippen LogP contribution in [-0.2, 0) is 32.6 Å². The number of nitrogens with one attached hydrogen (secondary N) is 1. The number of aromatic nitrogens is 1. The molecule has 5 rings (SSSR count). The third-order valence-corrected chi connectivity index (χ3v) is 8.49. The number of sulfonamides is 1. The summed E-state index contributed by atoms with van der Waals surface area (Å²) < 4.78 is 35.3. The van der Waals surface area contributed by atoms with Crippen LogP contribution in [0.5, 0.6) is 5.75 Å². The summed E-state index contributed by atoms with van der Waals surface area (Å²) in [4.78, 5) is 33.5. The molecule has 11 heteroatoms. The van der Waals surface area contributed by atoms with Crippen molar-refractivity contribution in [1.82, 2.24) is 19.5 Å². The first kappa shape index (κ1) is 28.1. The van der Waals surface area contributed by atoms with Gasteiger partial charge in [0.05, 0.1) is 4.90 Å². The van der Waals surface area contributed by atoms with Crippen LogP contribution in [0, 0.1) is 0 Å². The maximum absolute atomic E-state index is 13.7. The monoisotopic (exact) mass is 574 g/mol. The maximum atomic E-state index is 13.7. The average Bonchev–Trinajstić information content (AvgIpc) is 3.00. The van der Waals surface area contributed by atoms with E-state index in [1.807, 2.05) is 30.3 Å². The molecule has 0 bridgehead atoms. The zero-order chi connectivity index (χ0) is 28.8. The fourth-order valence-electron chi connectivity index (χ4n) is 4.77. The summed E-state index contributed by atoms with van der Waals surface area (Å²) in [7, 11) is -4.12. The Kier molecular flexibility index (Phi) is 8.46. The van der Waals surface area contributed by atoms with Crippen LogP contribution in [0.1, 0.15) is 11.1 Å².